The van der Waals surface area contributed by atoms with Crippen LogP contribution in [0.5, 0.6) is 10.9 Å². The maximum atomic E-state index is 5.52. The fourth-order valence-electron chi connectivity index (χ4n) is 1.23. The number of rotatable bonds is 4. The van der Waals surface area contributed by atoms with E-state index in [-0.39, 0.29) is 0 Å². The predicted octanol–water partition coefficient (Wildman–Crippen LogP) is 2.05. The third-order valence-electron chi connectivity index (χ3n) is 1.82. The Morgan fingerprint density at radius 2 is 2.40 bits per heavy atom. The van der Waals surface area contributed by atoms with Crippen molar-refractivity contribution in [1.82, 2.24) is 15.5 Å². The molecule has 0 aliphatic rings. The fourth-order valence-corrected chi connectivity index (χ4v) is 1.65. The van der Waals surface area contributed by atoms with Gasteiger partial charge in [-0.3, -0.25) is 0 Å². The molecule has 0 aliphatic carbocycles. The predicted molar refractivity (Wildman–Crippen MR) is 59.2 cm³/mol. The average molecular weight is 221 g/mol. The van der Waals surface area contributed by atoms with Crippen LogP contribution < -0.4 is 10.1 Å². The monoisotopic (exact) mass is 221 g/mol. The normalized spacial score (nSPS) is 10.2. The molecule has 0 bridgehead atoms. The first-order valence-corrected chi connectivity index (χ1v) is 5.44. The second kappa shape index (κ2) is 4.86. The van der Waals surface area contributed by atoms with Gasteiger partial charge in [-0.1, -0.05) is 28.6 Å². The fraction of sp³-hybridized carbons (Fsp3) is 0.200. The van der Waals surface area contributed by atoms with Gasteiger partial charge in [-0.25, -0.2) is 0 Å². The first-order chi connectivity index (χ1) is 7.38. The number of ether oxygens (including phenoxy) is 1. The molecule has 1 aromatic carbocycles. The lowest BCUT2D eigenvalue weighted by atomic mass is 10.2. The molecule has 0 atom stereocenters. The van der Waals surface area contributed by atoms with Crippen LogP contribution in [0.3, 0.4) is 0 Å². The Bertz CT molecular complexity index is 416. The Labute approximate surface area is 91.9 Å². The van der Waals surface area contributed by atoms with Crippen LogP contribution in [0.1, 0.15) is 5.56 Å². The molecule has 0 amide bonds. The summed E-state index contributed by atoms with van der Waals surface area (Å²) < 4.78 is 5.52. The van der Waals surface area contributed by atoms with E-state index in [1.54, 1.807) is 5.51 Å². The number of nitrogens with one attached hydrogen (secondary N) is 1. The van der Waals surface area contributed by atoms with E-state index in [4.69, 9.17) is 4.74 Å². The van der Waals surface area contributed by atoms with E-state index in [0.717, 1.165) is 12.3 Å². The lowest BCUT2D eigenvalue weighted by Gasteiger charge is -2.03. The highest BCUT2D eigenvalue weighted by atomic mass is 32.1. The Kier molecular flexibility index (Phi) is 3.26. The van der Waals surface area contributed by atoms with Crippen molar-refractivity contribution in [2.45, 2.75) is 6.54 Å². The molecule has 1 aromatic heterocycles. The first kappa shape index (κ1) is 10.1. The van der Waals surface area contributed by atoms with E-state index >= 15 is 0 Å². The van der Waals surface area contributed by atoms with Crippen molar-refractivity contribution in [3.05, 3.63) is 35.3 Å². The van der Waals surface area contributed by atoms with Crippen molar-refractivity contribution < 1.29 is 4.74 Å². The largest absolute Gasteiger partial charge is 0.430 e. The summed E-state index contributed by atoms with van der Waals surface area (Å²) in [5.74, 6) is 0.791. The molecule has 0 radical (unpaired) electrons. The molecule has 1 N–H and O–H groups in total. The Hall–Kier alpha value is -1.46. The third-order valence-corrected chi connectivity index (χ3v) is 2.39. The maximum Gasteiger partial charge on any atom is 0.299 e. The van der Waals surface area contributed by atoms with E-state index in [1.165, 1.54) is 16.9 Å². The Morgan fingerprint density at radius 1 is 1.47 bits per heavy atom. The van der Waals surface area contributed by atoms with Crippen LogP contribution >= 0.6 is 11.3 Å². The van der Waals surface area contributed by atoms with Gasteiger partial charge in [-0.05, 0) is 24.7 Å². The molecule has 5 heteroatoms. The number of nitrogens with zero attached hydrogens (tertiary/aromatic N) is 2. The number of aromatic nitrogens is 2. The zero-order chi connectivity index (χ0) is 10.5. The standard InChI is InChI=1S/C10H11N3OS/c1-11-6-8-3-2-4-9(5-8)14-10-13-12-7-15-10/h2-5,7,11H,6H2,1H3. The number of benzene rings is 1. The molecule has 2 aromatic rings. The summed E-state index contributed by atoms with van der Waals surface area (Å²) >= 11 is 1.38. The second-order valence-electron chi connectivity index (χ2n) is 2.98. The highest BCUT2D eigenvalue weighted by Gasteiger charge is 2.00. The van der Waals surface area contributed by atoms with Gasteiger partial charge in [0.25, 0.3) is 5.19 Å². The van der Waals surface area contributed by atoms with Gasteiger partial charge in [0.2, 0.25) is 0 Å². The van der Waals surface area contributed by atoms with Crippen molar-refractivity contribution >= 4 is 11.3 Å². The summed E-state index contributed by atoms with van der Waals surface area (Å²) in [6.45, 7) is 0.827. The summed E-state index contributed by atoms with van der Waals surface area (Å²) in [5, 5.41) is 11.2. The van der Waals surface area contributed by atoms with Gasteiger partial charge in [0.1, 0.15) is 11.3 Å². The van der Waals surface area contributed by atoms with Crippen molar-refractivity contribution in [2.75, 3.05) is 7.05 Å². The first-order valence-electron chi connectivity index (χ1n) is 4.56. The Balaban J connectivity index is 2.11. The van der Waals surface area contributed by atoms with Gasteiger partial charge < -0.3 is 10.1 Å². The van der Waals surface area contributed by atoms with Gasteiger partial charge >= 0.3 is 0 Å². The van der Waals surface area contributed by atoms with Crippen LogP contribution in [0.2, 0.25) is 0 Å². The molecule has 0 spiro atoms. The van der Waals surface area contributed by atoms with Gasteiger partial charge in [0, 0.05) is 6.54 Å². The quantitative estimate of drug-likeness (QED) is 0.858. The van der Waals surface area contributed by atoms with Crippen LogP contribution in [0.4, 0.5) is 0 Å². The summed E-state index contributed by atoms with van der Waals surface area (Å²) in [4.78, 5) is 0. The molecule has 0 unspecified atom stereocenters. The van der Waals surface area contributed by atoms with E-state index in [1.807, 2.05) is 31.3 Å². The zero-order valence-corrected chi connectivity index (χ0v) is 9.12. The van der Waals surface area contributed by atoms with Gasteiger partial charge in [0.15, 0.2) is 0 Å². The van der Waals surface area contributed by atoms with Crippen molar-refractivity contribution in [3.63, 3.8) is 0 Å². The van der Waals surface area contributed by atoms with E-state index in [9.17, 15) is 0 Å². The highest BCUT2D eigenvalue weighted by molar-refractivity contribution is 7.11. The molecule has 0 saturated heterocycles. The van der Waals surface area contributed by atoms with Crippen molar-refractivity contribution in [1.29, 1.82) is 0 Å². The second-order valence-corrected chi connectivity index (χ2v) is 3.78. The van der Waals surface area contributed by atoms with E-state index in [0.29, 0.717) is 5.19 Å². The molecule has 0 aliphatic heterocycles. The third kappa shape index (κ3) is 2.74. The summed E-state index contributed by atoms with van der Waals surface area (Å²) in [7, 11) is 1.91. The maximum absolute atomic E-state index is 5.52. The number of hydrogen-bond donors (Lipinski definition) is 1. The minimum absolute atomic E-state index is 0.566. The molecule has 0 saturated carbocycles. The summed E-state index contributed by atoms with van der Waals surface area (Å²) in [6.07, 6.45) is 0. The molecule has 0 fully saturated rings. The lowest BCUT2D eigenvalue weighted by molar-refractivity contribution is 0.472. The topological polar surface area (TPSA) is 47.0 Å². The zero-order valence-electron chi connectivity index (χ0n) is 8.30. The molecule has 2 rings (SSSR count). The summed E-state index contributed by atoms with van der Waals surface area (Å²) in [5.41, 5.74) is 2.83. The smallest absolute Gasteiger partial charge is 0.299 e. The molecule has 78 valence electrons. The van der Waals surface area contributed by atoms with Crippen LogP contribution in [0, 0.1) is 0 Å². The van der Waals surface area contributed by atoms with Gasteiger partial charge in [-0.2, -0.15) is 0 Å². The minimum Gasteiger partial charge on any atom is -0.430 e. The Morgan fingerprint density at radius 3 is 3.13 bits per heavy atom. The molecular formula is C10H11N3OS. The summed E-state index contributed by atoms with van der Waals surface area (Å²) in [6, 6.07) is 7.89. The average Bonchev–Trinajstić information content (AvgIpc) is 2.71. The molecule has 15 heavy (non-hydrogen) atoms. The molecule has 1 heterocycles. The lowest BCUT2D eigenvalue weighted by Crippen LogP contribution is -2.04. The van der Waals surface area contributed by atoms with Crippen LogP contribution in [-0.2, 0) is 6.54 Å². The molecular weight excluding hydrogens is 210 g/mol. The van der Waals surface area contributed by atoms with Crippen LogP contribution in [0.15, 0.2) is 29.8 Å². The van der Waals surface area contributed by atoms with E-state index in [2.05, 4.69) is 15.5 Å². The van der Waals surface area contributed by atoms with Gasteiger partial charge in [-0.15, -0.1) is 5.10 Å². The van der Waals surface area contributed by atoms with Crippen molar-refractivity contribution in [3.8, 4) is 10.9 Å². The van der Waals surface area contributed by atoms with Crippen LogP contribution in [0.25, 0.3) is 0 Å². The highest BCUT2D eigenvalue weighted by Crippen LogP contribution is 2.22. The van der Waals surface area contributed by atoms with Crippen molar-refractivity contribution in [2.24, 2.45) is 0 Å². The minimum atomic E-state index is 0.566. The van der Waals surface area contributed by atoms with E-state index < -0.39 is 0 Å². The molecule has 4 nitrogen and oxygen atoms in total. The van der Waals surface area contributed by atoms with Gasteiger partial charge in [0.05, 0.1) is 0 Å². The number of hydrogen-bond acceptors (Lipinski definition) is 5. The van der Waals surface area contributed by atoms with Crippen LogP contribution in [-0.4, -0.2) is 17.2 Å². The SMILES string of the molecule is CNCc1cccc(Oc2nncs2)c1.